The molecule has 1 saturated heterocycles. The van der Waals surface area contributed by atoms with Crippen LogP contribution in [0.3, 0.4) is 0 Å². The third-order valence-corrected chi connectivity index (χ3v) is 6.20. The minimum absolute atomic E-state index is 0.275. The molecule has 7 heteroatoms. The summed E-state index contributed by atoms with van der Waals surface area (Å²) in [4.78, 5) is 13.9. The van der Waals surface area contributed by atoms with Crippen LogP contribution in [0.2, 0.25) is 0 Å². The summed E-state index contributed by atoms with van der Waals surface area (Å²) in [6.07, 6.45) is 10.9. The molecular formula is C24H27N7. The van der Waals surface area contributed by atoms with Crippen LogP contribution in [-0.4, -0.2) is 38.7 Å². The molecule has 0 amide bonds. The van der Waals surface area contributed by atoms with E-state index in [9.17, 15) is 5.26 Å². The summed E-state index contributed by atoms with van der Waals surface area (Å²) in [5, 5.41) is 16.2. The summed E-state index contributed by atoms with van der Waals surface area (Å²) >= 11 is 0. The van der Waals surface area contributed by atoms with Crippen molar-refractivity contribution in [3.8, 4) is 23.3 Å². The number of anilines is 1. The van der Waals surface area contributed by atoms with Crippen molar-refractivity contribution in [3.05, 3.63) is 53.5 Å². The summed E-state index contributed by atoms with van der Waals surface area (Å²) in [7, 11) is 0. The van der Waals surface area contributed by atoms with E-state index in [1.165, 1.54) is 24.0 Å². The number of aryl methyl sites for hydroxylation is 2. The summed E-state index contributed by atoms with van der Waals surface area (Å²) in [5.74, 6) is 2.17. The normalized spacial score (nSPS) is 18.2. The SMILES string of the molecule is N#CCc1cnc(-c2ccc3c(c2)CCCC3)n1-c1ccnc(NC2CCCNC2)n1. The number of hydrogen-bond acceptors (Lipinski definition) is 6. The number of hydrogen-bond donors (Lipinski definition) is 2. The number of nitrogens with zero attached hydrogens (tertiary/aromatic N) is 5. The van der Waals surface area contributed by atoms with Gasteiger partial charge in [-0.1, -0.05) is 12.1 Å². The zero-order chi connectivity index (χ0) is 21.0. The van der Waals surface area contributed by atoms with Gasteiger partial charge in [-0.2, -0.15) is 10.2 Å². The lowest BCUT2D eigenvalue weighted by molar-refractivity contribution is 0.478. The Morgan fingerprint density at radius 3 is 2.87 bits per heavy atom. The van der Waals surface area contributed by atoms with Gasteiger partial charge in [-0.25, -0.2) is 9.97 Å². The molecule has 1 fully saturated rings. The van der Waals surface area contributed by atoms with Gasteiger partial charge in [0.15, 0.2) is 0 Å². The van der Waals surface area contributed by atoms with Crippen LogP contribution in [0, 0.1) is 11.3 Å². The van der Waals surface area contributed by atoms with Gasteiger partial charge in [0.05, 0.1) is 24.4 Å². The minimum Gasteiger partial charge on any atom is -0.350 e. The maximum absolute atomic E-state index is 9.36. The average molecular weight is 414 g/mol. The zero-order valence-electron chi connectivity index (χ0n) is 17.6. The van der Waals surface area contributed by atoms with Crippen LogP contribution < -0.4 is 10.6 Å². The third kappa shape index (κ3) is 4.17. The van der Waals surface area contributed by atoms with E-state index in [0.717, 1.165) is 61.7 Å². The number of imidazole rings is 1. The van der Waals surface area contributed by atoms with E-state index in [1.807, 2.05) is 10.6 Å². The van der Waals surface area contributed by atoms with Crippen LogP contribution in [0.4, 0.5) is 5.95 Å². The molecule has 5 rings (SSSR count). The molecule has 1 aliphatic carbocycles. The molecule has 3 heterocycles. The molecule has 2 N–H and O–H groups in total. The van der Waals surface area contributed by atoms with Crippen molar-refractivity contribution >= 4 is 5.95 Å². The smallest absolute Gasteiger partial charge is 0.224 e. The lowest BCUT2D eigenvalue weighted by atomic mass is 9.90. The van der Waals surface area contributed by atoms with Crippen molar-refractivity contribution < 1.29 is 0 Å². The molecule has 7 nitrogen and oxygen atoms in total. The first-order valence-corrected chi connectivity index (χ1v) is 11.2. The van der Waals surface area contributed by atoms with Gasteiger partial charge in [-0.3, -0.25) is 4.57 Å². The monoisotopic (exact) mass is 413 g/mol. The fourth-order valence-corrected chi connectivity index (χ4v) is 4.63. The molecule has 0 bridgehead atoms. The van der Waals surface area contributed by atoms with Crippen LogP contribution >= 0.6 is 0 Å². The first-order valence-electron chi connectivity index (χ1n) is 11.2. The highest BCUT2D eigenvalue weighted by Crippen LogP contribution is 2.29. The van der Waals surface area contributed by atoms with Gasteiger partial charge in [-0.15, -0.1) is 0 Å². The van der Waals surface area contributed by atoms with Crippen molar-refractivity contribution in [1.29, 1.82) is 5.26 Å². The molecule has 1 unspecified atom stereocenters. The quantitative estimate of drug-likeness (QED) is 0.666. The zero-order valence-corrected chi connectivity index (χ0v) is 17.6. The number of nitriles is 1. The fourth-order valence-electron chi connectivity index (χ4n) is 4.63. The van der Waals surface area contributed by atoms with Crippen molar-refractivity contribution in [2.24, 2.45) is 0 Å². The van der Waals surface area contributed by atoms with Crippen LogP contribution in [0.1, 0.15) is 42.5 Å². The summed E-state index contributed by atoms with van der Waals surface area (Å²) < 4.78 is 2.00. The largest absolute Gasteiger partial charge is 0.350 e. The van der Waals surface area contributed by atoms with Crippen LogP contribution in [-0.2, 0) is 19.3 Å². The second-order valence-electron chi connectivity index (χ2n) is 8.36. The third-order valence-electron chi connectivity index (χ3n) is 6.20. The van der Waals surface area contributed by atoms with E-state index in [1.54, 1.807) is 12.4 Å². The van der Waals surface area contributed by atoms with Crippen molar-refractivity contribution in [3.63, 3.8) is 0 Å². The molecule has 1 atom stereocenters. The van der Waals surface area contributed by atoms with Gasteiger partial charge in [0, 0.05) is 24.3 Å². The van der Waals surface area contributed by atoms with Crippen LogP contribution in [0.15, 0.2) is 36.7 Å². The van der Waals surface area contributed by atoms with Gasteiger partial charge in [0.1, 0.15) is 11.6 Å². The molecule has 0 radical (unpaired) electrons. The predicted octanol–water partition coefficient (Wildman–Crippen LogP) is 3.44. The molecule has 0 spiro atoms. The summed E-state index contributed by atoms with van der Waals surface area (Å²) in [5.41, 5.74) is 4.75. The lowest BCUT2D eigenvalue weighted by Crippen LogP contribution is -2.38. The Morgan fingerprint density at radius 2 is 2.03 bits per heavy atom. The highest BCUT2D eigenvalue weighted by Gasteiger charge is 2.19. The molecule has 1 aliphatic heterocycles. The van der Waals surface area contributed by atoms with E-state index in [0.29, 0.717) is 12.0 Å². The van der Waals surface area contributed by atoms with Gasteiger partial charge in [-0.05, 0) is 68.3 Å². The molecule has 3 aromatic rings. The Bertz CT molecular complexity index is 1110. The van der Waals surface area contributed by atoms with Gasteiger partial charge in [0.2, 0.25) is 5.95 Å². The molecular weight excluding hydrogens is 386 g/mol. The molecule has 2 aromatic heterocycles. The van der Waals surface area contributed by atoms with Crippen molar-refractivity contribution in [2.45, 2.75) is 51.0 Å². The van der Waals surface area contributed by atoms with Crippen LogP contribution in [0.5, 0.6) is 0 Å². The minimum atomic E-state index is 0.275. The van der Waals surface area contributed by atoms with Gasteiger partial charge < -0.3 is 10.6 Å². The number of aromatic nitrogens is 4. The Hall–Kier alpha value is -3.24. The number of nitrogens with one attached hydrogen (secondary N) is 2. The maximum atomic E-state index is 9.36. The molecule has 31 heavy (non-hydrogen) atoms. The molecule has 1 aromatic carbocycles. The molecule has 158 valence electrons. The van der Waals surface area contributed by atoms with E-state index < -0.39 is 0 Å². The van der Waals surface area contributed by atoms with Gasteiger partial charge >= 0.3 is 0 Å². The second-order valence-corrected chi connectivity index (χ2v) is 8.36. The van der Waals surface area contributed by atoms with E-state index in [4.69, 9.17) is 9.97 Å². The van der Waals surface area contributed by atoms with E-state index >= 15 is 0 Å². The summed E-state index contributed by atoms with van der Waals surface area (Å²) in [6.45, 7) is 1.98. The number of rotatable bonds is 5. The van der Waals surface area contributed by atoms with Gasteiger partial charge in [0.25, 0.3) is 0 Å². The topological polar surface area (TPSA) is 91.5 Å². The van der Waals surface area contributed by atoms with E-state index in [-0.39, 0.29) is 6.42 Å². The number of fused-ring (bicyclic) bond motifs is 1. The van der Waals surface area contributed by atoms with Crippen molar-refractivity contribution in [2.75, 3.05) is 18.4 Å². The molecule has 2 aliphatic rings. The Balaban J connectivity index is 1.52. The van der Waals surface area contributed by atoms with Crippen LogP contribution in [0.25, 0.3) is 17.2 Å². The number of piperidine rings is 1. The second kappa shape index (κ2) is 8.86. The standard InChI is InChI=1S/C24H27N7/c25-11-9-21-16-28-23(19-8-7-17-4-1-2-5-18(17)14-19)31(21)22-10-13-27-24(30-22)29-20-6-3-12-26-15-20/h7-8,10,13-14,16,20,26H,1-6,9,12,15H2,(H,27,29,30). The first kappa shape index (κ1) is 19.7. The highest BCUT2D eigenvalue weighted by atomic mass is 15.2. The summed E-state index contributed by atoms with van der Waals surface area (Å²) in [6, 6.07) is 11.1. The Kier molecular flexibility index (Phi) is 5.63. The first-order chi connectivity index (χ1) is 15.3. The Morgan fingerprint density at radius 1 is 1.13 bits per heavy atom. The average Bonchev–Trinajstić information content (AvgIpc) is 3.23. The predicted molar refractivity (Wildman–Crippen MR) is 120 cm³/mol. The highest BCUT2D eigenvalue weighted by molar-refractivity contribution is 5.61. The lowest BCUT2D eigenvalue weighted by Gasteiger charge is -2.24. The van der Waals surface area contributed by atoms with Crippen molar-refractivity contribution in [1.82, 2.24) is 24.8 Å². The molecule has 0 saturated carbocycles. The van der Waals surface area contributed by atoms with E-state index in [2.05, 4.69) is 39.9 Å². The maximum Gasteiger partial charge on any atom is 0.224 e. The number of benzene rings is 1. The Labute approximate surface area is 182 Å². The fraction of sp³-hybridized carbons (Fsp3) is 0.417.